The SMILES string of the molecule is c1ccc(B(c2ccccc2)c2ccc(-c3ccc(-n4ncc5c6c(ccc54)-c4ccccc4C6(c4ccccc4)c4cccnc4)cc3)cc2)cc1. The smallest absolute Gasteiger partial charge is 0.241 e. The highest BCUT2D eigenvalue weighted by molar-refractivity contribution is 6.95. The number of hydrogen-bond acceptors (Lipinski definition) is 2. The molecule has 0 bridgehead atoms. The van der Waals surface area contributed by atoms with E-state index >= 15 is 0 Å². The number of benzene rings is 7. The number of fused-ring (bicyclic) bond motifs is 5. The van der Waals surface area contributed by atoms with Crippen LogP contribution in [0, 0.1) is 0 Å². The molecule has 0 N–H and O–H groups in total. The van der Waals surface area contributed by atoms with Gasteiger partial charge in [0.05, 0.1) is 22.8 Å². The van der Waals surface area contributed by atoms with Crippen LogP contribution >= 0.6 is 0 Å². The Morgan fingerprint density at radius 1 is 0.453 bits per heavy atom. The fourth-order valence-corrected chi connectivity index (χ4v) is 8.69. The Labute approximate surface area is 310 Å². The van der Waals surface area contributed by atoms with Gasteiger partial charge < -0.3 is 0 Å². The highest BCUT2D eigenvalue weighted by Gasteiger charge is 2.47. The molecule has 1 unspecified atom stereocenters. The van der Waals surface area contributed by atoms with Crippen LogP contribution in [0.4, 0.5) is 0 Å². The van der Waals surface area contributed by atoms with Crippen LogP contribution in [0.5, 0.6) is 0 Å². The van der Waals surface area contributed by atoms with Gasteiger partial charge >= 0.3 is 0 Å². The highest BCUT2D eigenvalue weighted by atomic mass is 15.3. The molecule has 0 aliphatic heterocycles. The molecule has 0 radical (unpaired) electrons. The summed E-state index contributed by atoms with van der Waals surface area (Å²) in [6.45, 7) is 0.176. The van der Waals surface area contributed by atoms with Crippen LogP contribution < -0.4 is 16.4 Å². The molecule has 2 aromatic heterocycles. The fraction of sp³-hybridized carbons (Fsp3) is 0.0204. The van der Waals surface area contributed by atoms with Crippen molar-refractivity contribution < 1.29 is 0 Å². The maximum absolute atomic E-state index is 5.05. The van der Waals surface area contributed by atoms with E-state index in [0.29, 0.717) is 0 Å². The monoisotopic (exact) mass is 675 g/mol. The molecule has 2 heterocycles. The van der Waals surface area contributed by atoms with Crippen LogP contribution in [-0.2, 0) is 5.41 Å². The van der Waals surface area contributed by atoms with Crippen molar-refractivity contribution in [2.75, 3.05) is 0 Å². The van der Waals surface area contributed by atoms with Gasteiger partial charge in [0.15, 0.2) is 0 Å². The summed E-state index contributed by atoms with van der Waals surface area (Å²) in [6.07, 6.45) is 5.93. The molecule has 7 aromatic carbocycles. The van der Waals surface area contributed by atoms with E-state index in [2.05, 4.69) is 198 Å². The molecule has 3 nitrogen and oxygen atoms in total. The standard InChI is InChI=1S/C49H34BN3/c1-4-13-37(14-5-1)49(38-15-12-32-51-33-38)46-21-11-10-20-43(46)44-30-31-47-45(48(44)49)34-52-53(47)42-28-24-36(25-29-42)35-22-26-41(27-23-35)50(39-16-6-2-7-17-39)40-18-8-3-9-19-40/h1-34H. The summed E-state index contributed by atoms with van der Waals surface area (Å²) in [5, 5.41) is 6.19. The number of pyridine rings is 1. The summed E-state index contributed by atoms with van der Waals surface area (Å²) in [6, 6.07) is 67.8. The maximum Gasteiger partial charge on any atom is 0.241 e. The summed E-state index contributed by atoms with van der Waals surface area (Å²) in [7, 11) is 0. The van der Waals surface area contributed by atoms with Gasteiger partial charge in [-0.15, -0.1) is 0 Å². The van der Waals surface area contributed by atoms with E-state index in [9.17, 15) is 0 Å². The van der Waals surface area contributed by atoms with Crippen LogP contribution in [0.3, 0.4) is 0 Å². The Morgan fingerprint density at radius 3 is 1.70 bits per heavy atom. The first-order valence-electron chi connectivity index (χ1n) is 18.2. The van der Waals surface area contributed by atoms with Gasteiger partial charge in [-0.25, -0.2) is 4.68 Å². The van der Waals surface area contributed by atoms with Crippen LogP contribution in [0.1, 0.15) is 22.3 Å². The Hall–Kier alpha value is -6.78. The summed E-state index contributed by atoms with van der Waals surface area (Å²) < 4.78 is 2.08. The van der Waals surface area contributed by atoms with Crippen molar-refractivity contribution in [3.05, 3.63) is 229 Å². The summed E-state index contributed by atoms with van der Waals surface area (Å²) >= 11 is 0. The minimum Gasteiger partial charge on any atom is -0.264 e. The normalized spacial score (nSPS) is 14.5. The fourth-order valence-electron chi connectivity index (χ4n) is 8.69. The van der Waals surface area contributed by atoms with Crippen molar-refractivity contribution in [1.29, 1.82) is 0 Å². The van der Waals surface area contributed by atoms with E-state index in [1.807, 2.05) is 18.5 Å². The van der Waals surface area contributed by atoms with Gasteiger partial charge in [0.1, 0.15) is 0 Å². The van der Waals surface area contributed by atoms with Crippen LogP contribution in [-0.4, -0.2) is 21.5 Å². The van der Waals surface area contributed by atoms with E-state index in [-0.39, 0.29) is 6.71 Å². The molecule has 9 aromatic rings. The predicted octanol–water partition coefficient (Wildman–Crippen LogP) is 8.97. The minimum absolute atomic E-state index is 0.176. The largest absolute Gasteiger partial charge is 0.264 e. The van der Waals surface area contributed by atoms with Crippen LogP contribution in [0.25, 0.3) is 38.8 Å². The maximum atomic E-state index is 5.05. The third-order valence-corrected chi connectivity index (χ3v) is 11.0. The highest BCUT2D eigenvalue weighted by Crippen LogP contribution is 2.57. The third kappa shape index (κ3) is 4.98. The number of rotatable bonds is 7. The second-order valence-electron chi connectivity index (χ2n) is 13.8. The van der Waals surface area contributed by atoms with E-state index in [4.69, 9.17) is 5.10 Å². The summed E-state index contributed by atoms with van der Waals surface area (Å²) in [4.78, 5) is 4.63. The number of hydrogen-bond donors (Lipinski definition) is 0. The van der Waals surface area contributed by atoms with E-state index in [1.165, 1.54) is 55.3 Å². The molecular formula is C49H34BN3. The Morgan fingerprint density at radius 2 is 1.04 bits per heavy atom. The van der Waals surface area contributed by atoms with Crippen molar-refractivity contribution in [3.63, 3.8) is 0 Å². The quantitative estimate of drug-likeness (QED) is 0.158. The molecule has 0 amide bonds. The molecule has 0 spiro atoms. The molecule has 53 heavy (non-hydrogen) atoms. The van der Waals surface area contributed by atoms with Crippen LogP contribution in [0.2, 0.25) is 0 Å². The number of nitrogens with zero attached hydrogens (tertiary/aromatic N) is 3. The van der Waals surface area contributed by atoms with Crippen LogP contribution in [0.15, 0.2) is 207 Å². The molecule has 1 aliphatic rings. The summed E-state index contributed by atoms with van der Waals surface area (Å²) in [5.74, 6) is 0. The predicted molar refractivity (Wildman–Crippen MR) is 219 cm³/mol. The van der Waals surface area contributed by atoms with Gasteiger partial charge in [0.25, 0.3) is 0 Å². The van der Waals surface area contributed by atoms with E-state index < -0.39 is 5.41 Å². The van der Waals surface area contributed by atoms with Gasteiger partial charge in [-0.1, -0.05) is 180 Å². The lowest BCUT2D eigenvalue weighted by Crippen LogP contribution is -2.51. The Bertz CT molecular complexity index is 2610. The van der Waals surface area contributed by atoms with Gasteiger partial charge in [-0.3, -0.25) is 4.98 Å². The zero-order valence-corrected chi connectivity index (χ0v) is 29.0. The lowest BCUT2D eigenvalue weighted by molar-refractivity contribution is 0.769. The van der Waals surface area contributed by atoms with E-state index in [1.54, 1.807) is 0 Å². The second kappa shape index (κ2) is 12.8. The number of aromatic nitrogens is 3. The zero-order valence-electron chi connectivity index (χ0n) is 29.0. The molecule has 0 saturated carbocycles. The van der Waals surface area contributed by atoms with Crippen molar-refractivity contribution in [1.82, 2.24) is 14.8 Å². The van der Waals surface area contributed by atoms with Gasteiger partial charge in [0.2, 0.25) is 6.71 Å². The Kier molecular flexibility index (Phi) is 7.47. The molecule has 4 heteroatoms. The molecule has 1 atom stereocenters. The molecule has 10 rings (SSSR count). The van der Waals surface area contributed by atoms with E-state index in [0.717, 1.165) is 22.2 Å². The first kappa shape index (κ1) is 31.0. The molecule has 0 saturated heterocycles. The second-order valence-corrected chi connectivity index (χ2v) is 13.8. The topological polar surface area (TPSA) is 30.7 Å². The van der Waals surface area contributed by atoms with Crippen molar-refractivity contribution in [2.45, 2.75) is 5.41 Å². The van der Waals surface area contributed by atoms with Crippen molar-refractivity contribution >= 4 is 34.0 Å². The molecule has 0 fully saturated rings. The average molecular weight is 676 g/mol. The minimum atomic E-state index is -0.537. The lowest BCUT2D eigenvalue weighted by atomic mass is 9.37. The van der Waals surface area contributed by atoms with Crippen molar-refractivity contribution in [3.8, 4) is 27.9 Å². The molecule has 1 aliphatic carbocycles. The van der Waals surface area contributed by atoms with Crippen molar-refractivity contribution in [2.24, 2.45) is 0 Å². The Balaban J connectivity index is 1.04. The van der Waals surface area contributed by atoms with Gasteiger partial charge in [-0.2, -0.15) is 5.10 Å². The first-order chi connectivity index (χ1) is 26.3. The third-order valence-electron chi connectivity index (χ3n) is 11.0. The average Bonchev–Trinajstić information content (AvgIpc) is 3.81. The zero-order chi connectivity index (χ0) is 35.2. The first-order valence-corrected chi connectivity index (χ1v) is 18.2. The molecule has 248 valence electrons. The van der Waals surface area contributed by atoms with Gasteiger partial charge in [-0.05, 0) is 68.8 Å². The lowest BCUT2D eigenvalue weighted by Gasteiger charge is -2.33. The van der Waals surface area contributed by atoms with Gasteiger partial charge in [0, 0.05) is 17.8 Å². The molecular weight excluding hydrogens is 641 g/mol. The summed E-state index contributed by atoms with van der Waals surface area (Å²) in [5.41, 5.74) is 15.1.